The van der Waals surface area contributed by atoms with E-state index in [2.05, 4.69) is 39.8 Å². The fraction of sp³-hybridized carbons (Fsp3) is 0.600. The maximum absolute atomic E-state index is 5.95. The third kappa shape index (κ3) is 2.24. The number of ether oxygens (including phenoxy) is 2. The minimum Gasteiger partial charge on any atom is -0.343 e. The third-order valence-electron chi connectivity index (χ3n) is 3.39. The van der Waals surface area contributed by atoms with Crippen LogP contribution in [0.2, 0.25) is 0 Å². The monoisotopic (exact) mass is 234 g/mol. The molecular weight excluding hydrogens is 212 g/mol. The summed E-state index contributed by atoms with van der Waals surface area (Å²) in [7, 11) is 0. The fourth-order valence-corrected chi connectivity index (χ4v) is 2.98. The summed E-state index contributed by atoms with van der Waals surface area (Å²) in [6.07, 6.45) is 1.99. The van der Waals surface area contributed by atoms with Crippen LogP contribution in [0.15, 0.2) is 12.1 Å². The van der Waals surface area contributed by atoms with Crippen molar-refractivity contribution < 1.29 is 9.47 Å². The Morgan fingerprint density at radius 3 is 2.06 bits per heavy atom. The Morgan fingerprint density at radius 2 is 1.59 bits per heavy atom. The van der Waals surface area contributed by atoms with Crippen LogP contribution in [0.25, 0.3) is 0 Å². The van der Waals surface area contributed by atoms with Crippen molar-refractivity contribution in [3.05, 3.63) is 34.4 Å². The van der Waals surface area contributed by atoms with Crippen molar-refractivity contribution in [1.29, 1.82) is 0 Å². The summed E-state index contributed by atoms with van der Waals surface area (Å²) in [5, 5.41) is 0. The van der Waals surface area contributed by atoms with Crippen molar-refractivity contribution >= 4 is 0 Å². The molecule has 0 amide bonds. The zero-order valence-corrected chi connectivity index (χ0v) is 11.3. The maximum atomic E-state index is 5.95. The minimum atomic E-state index is -0.489. The van der Waals surface area contributed by atoms with Crippen molar-refractivity contribution in [3.63, 3.8) is 0 Å². The summed E-state index contributed by atoms with van der Waals surface area (Å²) in [6, 6.07) is 4.43. The van der Waals surface area contributed by atoms with Gasteiger partial charge >= 0.3 is 0 Å². The summed E-state index contributed by atoms with van der Waals surface area (Å²) in [6.45, 7) is 10.0. The van der Waals surface area contributed by atoms with Crippen LogP contribution >= 0.6 is 0 Å². The zero-order valence-electron chi connectivity index (χ0n) is 11.3. The topological polar surface area (TPSA) is 18.5 Å². The van der Waals surface area contributed by atoms with Gasteiger partial charge < -0.3 is 9.47 Å². The molecule has 0 N–H and O–H groups in total. The molecular formula is C15H22O2. The molecule has 1 fully saturated rings. The molecule has 2 heteroatoms. The van der Waals surface area contributed by atoms with E-state index < -0.39 is 5.79 Å². The van der Waals surface area contributed by atoms with E-state index in [1.807, 2.05) is 0 Å². The quantitative estimate of drug-likeness (QED) is 0.795. The molecule has 0 aromatic heterocycles. The molecule has 0 radical (unpaired) electrons. The maximum Gasteiger partial charge on any atom is 0.195 e. The first-order valence-corrected chi connectivity index (χ1v) is 6.45. The summed E-state index contributed by atoms with van der Waals surface area (Å²) in [5.74, 6) is -0.489. The van der Waals surface area contributed by atoms with Gasteiger partial charge in [0.2, 0.25) is 0 Å². The van der Waals surface area contributed by atoms with E-state index in [4.69, 9.17) is 9.47 Å². The van der Waals surface area contributed by atoms with Gasteiger partial charge in [0.05, 0.1) is 13.2 Å². The lowest BCUT2D eigenvalue weighted by Crippen LogP contribution is -2.29. The van der Waals surface area contributed by atoms with Crippen molar-refractivity contribution in [2.45, 2.75) is 46.3 Å². The highest BCUT2D eigenvalue weighted by atomic mass is 16.7. The van der Waals surface area contributed by atoms with Gasteiger partial charge in [0.25, 0.3) is 0 Å². The SMILES string of the molecule is CCCC1(c2c(C)cc(C)cc2C)OCCO1. The second kappa shape index (κ2) is 4.79. The van der Waals surface area contributed by atoms with Crippen LogP contribution in [0, 0.1) is 20.8 Å². The zero-order chi connectivity index (χ0) is 12.5. The minimum absolute atomic E-state index is 0.489. The molecule has 1 aliphatic heterocycles. The predicted octanol–water partition coefficient (Wildman–Crippen LogP) is 3.61. The number of benzene rings is 1. The van der Waals surface area contributed by atoms with Gasteiger partial charge in [0, 0.05) is 12.0 Å². The average molecular weight is 234 g/mol. The number of rotatable bonds is 3. The normalized spacial score (nSPS) is 18.6. The lowest BCUT2D eigenvalue weighted by molar-refractivity contribution is -0.171. The number of hydrogen-bond acceptors (Lipinski definition) is 2. The van der Waals surface area contributed by atoms with Crippen LogP contribution in [-0.4, -0.2) is 13.2 Å². The Labute approximate surface area is 104 Å². The largest absolute Gasteiger partial charge is 0.343 e. The first-order chi connectivity index (χ1) is 8.09. The smallest absolute Gasteiger partial charge is 0.195 e. The molecule has 1 aromatic carbocycles. The van der Waals surface area contributed by atoms with E-state index >= 15 is 0 Å². The van der Waals surface area contributed by atoms with E-state index in [0.717, 1.165) is 12.8 Å². The average Bonchev–Trinajstić information content (AvgIpc) is 2.66. The fourth-order valence-electron chi connectivity index (χ4n) is 2.98. The highest BCUT2D eigenvalue weighted by molar-refractivity contribution is 5.40. The molecule has 0 spiro atoms. The molecule has 1 saturated heterocycles. The van der Waals surface area contributed by atoms with Gasteiger partial charge in [0.1, 0.15) is 0 Å². The molecule has 1 aromatic rings. The van der Waals surface area contributed by atoms with Gasteiger partial charge in [-0.25, -0.2) is 0 Å². The van der Waals surface area contributed by atoms with Crippen LogP contribution in [-0.2, 0) is 15.3 Å². The van der Waals surface area contributed by atoms with E-state index in [-0.39, 0.29) is 0 Å². The Kier molecular flexibility index (Phi) is 3.55. The number of hydrogen-bond donors (Lipinski definition) is 0. The highest BCUT2D eigenvalue weighted by Gasteiger charge is 2.39. The Morgan fingerprint density at radius 1 is 1.06 bits per heavy atom. The van der Waals surface area contributed by atoms with Gasteiger partial charge in [-0.3, -0.25) is 0 Å². The van der Waals surface area contributed by atoms with E-state index in [0.29, 0.717) is 13.2 Å². The molecule has 0 atom stereocenters. The summed E-state index contributed by atoms with van der Waals surface area (Å²) < 4.78 is 11.9. The molecule has 1 aliphatic rings. The summed E-state index contributed by atoms with van der Waals surface area (Å²) >= 11 is 0. The molecule has 1 heterocycles. The standard InChI is InChI=1S/C15H22O2/c1-5-6-15(16-7-8-17-15)14-12(3)9-11(2)10-13(14)4/h9-10H,5-8H2,1-4H3. The van der Waals surface area contributed by atoms with Crippen LogP contribution in [0.4, 0.5) is 0 Å². The second-order valence-electron chi connectivity index (χ2n) is 4.97. The van der Waals surface area contributed by atoms with Crippen molar-refractivity contribution in [1.82, 2.24) is 0 Å². The molecule has 0 unspecified atom stereocenters. The lowest BCUT2D eigenvalue weighted by Gasteiger charge is -2.31. The van der Waals surface area contributed by atoms with E-state index in [1.165, 1.54) is 22.3 Å². The van der Waals surface area contributed by atoms with Gasteiger partial charge in [-0.05, 0) is 31.9 Å². The third-order valence-corrected chi connectivity index (χ3v) is 3.39. The first kappa shape index (κ1) is 12.6. The second-order valence-corrected chi connectivity index (χ2v) is 4.97. The Balaban J connectivity index is 2.50. The van der Waals surface area contributed by atoms with Crippen LogP contribution in [0.3, 0.4) is 0 Å². The van der Waals surface area contributed by atoms with Crippen molar-refractivity contribution in [2.75, 3.05) is 13.2 Å². The molecule has 2 nitrogen and oxygen atoms in total. The molecule has 2 rings (SSSR count). The Hall–Kier alpha value is -0.860. The van der Waals surface area contributed by atoms with Gasteiger partial charge in [-0.2, -0.15) is 0 Å². The van der Waals surface area contributed by atoms with Gasteiger partial charge in [-0.15, -0.1) is 0 Å². The molecule has 17 heavy (non-hydrogen) atoms. The van der Waals surface area contributed by atoms with Crippen LogP contribution in [0.1, 0.15) is 42.0 Å². The highest BCUT2D eigenvalue weighted by Crippen LogP contribution is 2.39. The van der Waals surface area contributed by atoms with Crippen molar-refractivity contribution in [2.24, 2.45) is 0 Å². The van der Waals surface area contributed by atoms with Crippen LogP contribution < -0.4 is 0 Å². The van der Waals surface area contributed by atoms with Gasteiger partial charge in [-0.1, -0.05) is 31.0 Å². The Bertz CT molecular complexity index is 380. The first-order valence-electron chi connectivity index (χ1n) is 6.45. The predicted molar refractivity (Wildman–Crippen MR) is 69.1 cm³/mol. The van der Waals surface area contributed by atoms with Gasteiger partial charge in [0.15, 0.2) is 5.79 Å². The summed E-state index contributed by atoms with van der Waals surface area (Å²) in [5.41, 5.74) is 5.09. The summed E-state index contributed by atoms with van der Waals surface area (Å²) in [4.78, 5) is 0. The lowest BCUT2D eigenvalue weighted by atomic mass is 9.90. The van der Waals surface area contributed by atoms with E-state index in [1.54, 1.807) is 0 Å². The molecule has 0 aliphatic carbocycles. The van der Waals surface area contributed by atoms with Crippen molar-refractivity contribution in [3.8, 4) is 0 Å². The molecule has 0 saturated carbocycles. The molecule has 94 valence electrons. The number of aryl methyl sites for hydroxylation is 3. The molecule has 0 bridgehead atoms. The van der Waals surface area contributed by atoms with Crippen LogP contribution in [0.5, 0.6) is 0 Å². The van der Waals surface area contributed by atoms with E-state index in [9.17, 15) is 0 Å².